The van der Waals surface area contributed by atoms with E-state index in [9.17, 15) is 0 Å². The zero-order valence-electron chi connectivity index (χ0n) is 7.73. The van der Waals surface area contributed by atoms with Crippen LogP contribution in [0.2, 0.25) is 0 Å². The first kappa shape index (κ1) is 7.91. The summed E-state index contributed by atoms with van der Waals surface area (Å²) in [7, 11) is 3.88. The minimum Gasteiger partial charge on any atom is -0.396 e. The second-order valence-corrected chi connectivity index (χ2v) is 3.08. The molecule has 2 aromatic heterocycles. The highest BCUT2D eigenvalue weighted by Crippen LogP contribution is 2.24. The van der Waals surface area contributed by atoms with Gasteiger partial charge in [0, 0.05) is 20.3 Å². The lowest BCUT2D eigenvalue weighted by molar-refractivity contribution is 0.766. The molecule has 2 N–H and O–H groups in total. The van der Waals surface area contributed by atoms with E-state index in [1.54, 1.807) is 10.9 Å². The van der Waals surface area contributed by atoms with Gasteiger partial charge in [-0.3, -0.25) is 4.68 Å². The maximum absolute atomic E-state index is 5.80. The van der Waals surface area contributed by atoms with Crippen molar-refractivity contribution < 1.29 is 0 Å². The SMILES string of the molecule is Cn1cccc1-c1c(N)cnn1C. The molecule has 0 fully saturated rings. The van der Waals surface area contributed by atoms with Crippen LogP contribution in [-0.4, -0.2) is 14.3 Å². The number of hydrogen-bond donors (Lipinski definition) is 1. The van der Waals surface area contributed by atoms with Crippen LogP contribution in [0, 0.1) is 0 Å². The van der Waals surface area contributed by atoms with Crippen LogP contribution < -0.4 is 5.73 Å². The van der Waals surface area contributed by atoms with Gasteiger partial charge in [0.1, 0.15) is 5.69 Å². The molecule has 0 aliphatic heterocycles. The van der Waals surface area contributed by atoms with Crippen molar-refractivity contribution in [3.8, 4) is 11.4 Å². The molecule has 4 nitrogen and oxygen atoms in total. The fraction of sp³-hybridized carbons (Fsp3) is 0.222. The Morgan fingerprint density at radius 2 is 2.15 bits per heavy atom. The zero-order valence-corrected chi connectivity index (χ0v) is 7.73. The van der Waals surface area contributed by atoms with Gasteiger partial charge in [0.05, 0.1) is 17.6 Å². The van der Waals surface area contributed by atoms with Crippen LogP contribution in [0.3, 0.4) is 0 Å². The minimum atomic E-state index is 0.712. The average molecular weight is 176 g/mol. The maximum atomic E-state index is 5.80. The van der Waals surface area contributed by atoms with Crippen LogP contribution in [0.1, 0.15) is 0 Å². The standard InChI is InChI=1S/C9H12N4/c1-12-5-3-4-8(12)9-7(10)6-11-13(9)2/h3-6H,10H2,1-2H3. The predicted octanol–water partition coefficient (Wildman–Crippen LogP) is 1.01. The van der Waals surface area contributed by atoms with Crippen LogP contribution in [-0.2, 0) is 14.1 Å². The second-order valence-electron chi connectivity index (χ2n) is 3.08. The quantitative estimate of drug-likeness (QED) is 0.704. The summed E-state index contributed by atoms with van der Waals surface area (Å²) in [6.07, 6.45) is 3.66. The highest BCUT2D eigenvalue weighted by atomic mass is 15.3. The molecule has 0 saturated heterocycles. The van der Waals surface area contributed by atoms with Crippen molar-refractivity contribution in [2.45, 2.75) is 0 Å². The summed E-state index contributed by atoms with van der Waals surface area (Å²) in [5, 5.41) is 4.09. The van der Waals surface area contributed by atoms with Crippen molar-refractivity contribution in [1.82, 2.24) is 14.3 Å². The first-order valence-electron chi connectivity index (χ1n) is 4.09. The fourth-order valence-corrected chi connectivity index (χ4v) is 1.48. The monoisotopic (exact) mass is 176 g/mol. The topological polar surface area (TPSA) is 48.8 Å². The second kappa shape index (κ2) is 2.65. The Bertz CT molecular complexity index is 405. The van der Waals surface area contributed by atoms with Crippen molar-refractivity contribution in [3.63, 3.8) is 0 Å². The maximum Gasteiger partial charge on any atom is 0.107 e. The molecule has 0 bridgehead atoms. The smallest absolute Gasteiger partial charge is 0.107 e. The first-order valence-corrected chi connectivity index (χ1v) is 4.09. The molecule has 0 aliphatic carbocycles. The molecule has 0 amide bonds. The average Bonchev–Trinajstić information content (AvgIpc) is 2.60. The number of rotatable bonds is 1. The van der Waals surface area contributed by atoms with Gasteiger partial charge in [0.15, 0.2) is 0 Å². The van der Waals surface area contributed by atoms with E-state index >= 15 is 0 Å². The largest absolute Gasteiger partial charge is 0.396 e. The lowest BCUT2D eigenvalue weighted by Gasteiger charge is -2.04. The molecule has 0 aromatic carbocycles. The third-order valence-electron chi connectivity index (χ3n) is 2.15. The van der Waals surface area contributed by atoms with Gasteiger partial charge in [0.25, 0.3) is 0 Å². The summed E-state index contributed by atoms with van der Waals surface area (Å²) in [6, 6.07) is 4.01. The number of aryl methyl sites for hydroxylation is 2. The molecule has 0 radical (unpaired) electrons. The molecule has 2 aromatic rings. The molecule has 13 heavy (non-hydrogen) atoms. The minimum absolute atomic E-state index is 0.712. The molecule has 0 saturated carbocycles. The molecular weight excluding hydrogens is 164 g/mol. The van der Waals surface area contributed by atoms with E-state index in [1.165, 1.54) is 0 Å². The normalized spacial score (nSPS) is 10.6. The van der Waals surface area contributed by atoms with Gasteiger partial charge in [-0.15, -0.1) is 0 Å². The first-order chi connectivity index (χ1) is 6.20. The number of anilines is 1. The number of nitrogen functional groups attached to an aromatic ring is 1. The number of aromatic nitrogens is 3. The summed E-state index contributed by atoms with van der Waals surface area (Å²) in [5.41, 5.74) is 8.56. The van der Waals surface area contributed by atoms with Gasteiger partial charge in [-0.05, 0) is 12.1 Å². The van der Waals surface area contributed by atoms with E-state index in [0.29, 0.717) is 5.69 Å². The molecular formula is C9H12N4. The van der Waals surface area contributed by atoms with Crippen LogP contribution in [0.25, 0.3) is 11.4 Å². The summed E-state index contributed by atoms with van der Waals surface area (Å²) in [6.45, 7) is 0. The van der Waals surface area contributed by atoms with E-state index < -0.39 is 0 Å². The third-order valence-corrected chi connectivity index (χ3v) is 2.15. The van der Waals surface area contributed by atoms with Crippen molar-refractivity contribution in [1.29, 1.82) is 0 Å². The van der Waals surface area contributed by atoms with E-state index in [4.69, 9.17) is 5.73 Å². The van der Waals surface area contributed by atoms with Crippen molar-refractivity contribution >= 4 is 5.69 Å². The van der Waals surface area contributed by atoms with Crippen LogP contribution >= 0.6 is 0 Å². The lowest BCUT2D eigenvalue weighted by Crippen LogP contribution is -1.99. The zero-order chi connectivity index (χ0) is 9.42. The molecule has 0 spiro atoms. The fourth-order valence-electron chi connectivity index (χ4n) is 1.48. The molecule has 0 aliphatic rings. The van der Waals surface area contributed by atoms with E-state index in [2.05, 4.69) is 5.10 Å². The third kappa shape index (κ3) is 1.11. The molecule has 2 rings (SSSR count). The van der Waals surface area contributed by atoms with Crippen LogP contribution in [0.15, 0.2) is 24.5 Å². The van der Waals surface area contributed by atoms with E-state index in [0.717, 1.165) is 11.4 Å². The van der Waals surface area contributed by atoms with Crippen molar-refractivity contribution in [3.05, 3.63) is 24.5 Å². The Morgan fingerprint density at radius 1 is 1.38 bits per heavy atom. The molecule has 0 atom stereocenters. The highest BCUT2D eigenvalue weighted by Gasteiger charge is 2.09. The summed E-state index contributed by atoms with van der Waals surface area (Å²) >= 11 is 0. The van der Waals surface area contributed by atoms with Crippen LogP contribution in [0.5, 0.6) is 0 Å². The summed E-state index contributed by atoms with van der Waals surface area (Å²) < 4.78 is 3.80. The number of nitrogens with two attached hydrogens (primary N) is 1. The van der Waals surface area contributed by atoms with Crippen LogP contribution in [0.4, 0.5) is 5.69 Å². The van der Waals surface area contributed by atoms with Gasteiger partial charge in [-0.25, -0.2) is 0 Å². The Kier molecular flexibility index (Phi) is 1.62. The number of hydrogen-bond acceptors (Lipinski definition) is 2. The molecule has 4 heteroatoms. The lowest BCUT2D eigenvalue weighted by atomic mass is 10.3. The Labute approximate surface area is 76.6 Å². The van der Waals surface area contributed by atoms with Crippen molar-refractivity contribution in [2.24, 2.45) is 14.1 Å². The van der Waals surface area contributed by atoms with Gasteiger partial charge in [0.2, 0.25) is 0 Å². The summed E-state index contributed by atoms with van der Waals surface area (Å²) in [5.74, 6) is 0. The predicted molar refractivity (Wildman–Crippen MR) is 52.0 cm³/mol. The summed E-state index contributed by atoms with van der Waals surface area (Å²) in [4.78, 5) is 0. The van der Waals surface area contributed by atoms with Gasteiger partial charge in [-0.1, -0.05) is 0 Å². The van der Waals surface area contributed by atoms with Crippen molar-refractivity contribution in [2.75, 3.05) is 5.73 Å². The Hall–Kier alpha value is -1.71. The van der Waals surface area contributed by atoms with Gasteiger partial charge < -0.3 is 10.3 Å². The Balaban J connectivity index is 2.64. The van der Waals surface area contributed by atoms with Gasteiger partial charge in [-0.2, -0.15) is 5.10 Å². The number of nitrogens with zero attached hydrogens (tertiary/aromatic N) is 3. The Morgan fingerprint density at radius 3 is 2.62 bits per heavy atom. The molecule has 68 valence electrons. The van der Waals surface area contributed by atoms with E-state index in [-0.39, 0.29) is 0 Å². The highest BCUT2D eigenvalue weighted by molar-refractivity contribution is 5.70. The molecule has 0 unspecified atom stereocenters. The van der Waals surface area contributed by atoms with E-state index in [1.807, 2.05) is 37.0 Å². The molecule has 2 heterocycles. The van der Waals surface area contributed by atoms with Gasteiger partial charge >= 0.3 is 0 Å².